The molecule has 0 aromatic rings. The summed E-state index contributed by atoms with van der Waals surface area (Å²) in [5.41, 5.74) is 0. The van der Waals surface area contributed by atoms with E-state index in [4.69, 9.17) is 10.2 Å². The van der Waals surface area contributed by atoms with Crippen molar-refractivity contribution in [3.05, 3.63) is 0 Å². The highest BCUT2D eigenvalue weighted by molar-refractivity contribution is 5.66. The van der Waals surface area contributed by atoms with Crippen LogP contribution in [-0.4, -0.2) is 22.2 Å². The van der Waals surface area contributed by atoms with Gasteiger partial charge in [0.05, 0.1) is 0 Å². The fraction of sp³-hybridized carbons (Fsp3) is 0.867. The maximum absolute atomic E-state index is 10.4. The van der Waals surface area contributed by atoms with Crippen molar-refractivity contribution >= 4 is 11.9 Å². The maximum Gasteiger partial charge on any atom is 0.303 e. The molecule has 4 nitrogen and oxygen atoms in total. The summed E-state index contributed by atoms with van der Waals surface area (Å²) in [5.74, 6) is -0.782. The van der Waals surface area contributed by atoms with Crippen LogP contribution in [0.15, 0.2) is 0 Å². The first-order valence-corrected chi connectivity index (χ1v) is 7.46. The zero-order valence-corrected chi connectivity index (χ0v) is 12.1. The molecule has 0 amide bonds. The summed E-state index contributed by atoms with van der Waals surface area (Å²) in [4.78, 5) is 20.7. The quantitative estimate of drug-likeness (QED) is 0.495. The Balaban J connectivity index is 3.20. The van der Waals surface area contributed by atoms with Gasteiger partial charge in [0.2, 0.25) is 0 Å². The Morgan fingerprint density at radius 1 is 0.737 bits per heavy atom. The van der Waals surface area contributed by atoms with Crippen molar-refractivity contribution in [2.45, 2.75) is 77.6 Å². The molecule has 112 valence electrons. The minimum absolute atomic E-state index is 0.286. The topological polar surface area (TPSA) is 74.6 Å². The molecule has 0 saturated heterocycles. The zero-order valence-electron chi connectivity index (χ0n) is 12.1. The molecule has 0 saturated carbocycles. The van der Waals surface area contributed by atoms with Crippen molar-refractivity contribution in [1.29, 1.82) is 0 Å². The molecule has 0 radical (unpaired) electrons. The van der Waals surface area contributed by atoms with Crippen molar-refractivity contribution in [3.63, 3.8) is 0 Å². The molecule has 0 aromatic carbocycles. The van der Waals surface area contributed by atoms with Gasteiger partial charge in [-0.3, -0.25) is 9.59 Å². The molecule has 0 aliphatic heterocycles. The van der Waals surface area contributed by atoms with Gasteiger partial charge in [-0.05, 0) is 18.8 Å². The number of rotatable bonds is 13. The first kappa shape index (κ1) is 17.9. The van der Waals surface area contributed by atoms with Crippen molar-refractivity contribution in [2.75, 3.05) is 0 Å². The smallest absolute Gasteiger partial charge is 0.303 e. The molecule has 0 bridgehead atoms. The third kappa shape index (κ3) is 14.9. The van der Waals surface area contributed by atoms with E-state index in [1.54, 1.807) is 0 Å². The largest absolute Gasteiger partial charge is 0.481 e. The van der Waals surface area contributed by atoms with Gasteiger partial charge in [-0.25, -0.2) is 0 Å². The molecule has 19 heavy (non-hydrogen) atoms. The van der Waals surface area contributed by atoms with Gasteiger partial charge in [0.1, 0.15) is 0 Å². The van der Waals surface area contributed by atoms with Crippen molar-refractivity contribution in [3.8, 4) is 0 Å². The van der Waals surface area contributed by atoms with E-state index >= 15 is 0 Å². The summed E-state index contributed by atoms with van der Waals surface area (Å²) < 4.78 is 0. The van der Waals surface area contributed by atoms with E-state index in [-0.39, 0.29) is 6.42 Å². The first-order chi connectivity index (χ1) is 9.02. The third-order valence-corrected chi connectivity index (χ3v) is 3.43. The fourth-order valence-electron chi connectivity index (χ4n) is 2.22. The first-order valence-electron chi connectivity index (χ1n) is 7.46. The molecule has 0 fully saturated rings. The highest BCUT2D eigenvalue weighted by Gasteiger charge is 2.04. The molecule has 0 aliphatic carbocycles. The summed E-state index contributed by atoms with van der Waals surface area (Å²) in [6, 6.07) is 0. The molecule has 0 aliphatic rings. The van der Waals surface area contributed by atoms with E-state index in [9.17, 15) is 9.59 Å². The molecule has 4 heteroatoms. The average molecular weight is 272 g/mol. The molecule has 1 unspecified atom stereocenters. The van der Waals surface area contributed by atoms with Crippen LogP contribution in [0, 0.1) is 5.92 Å². The van der Waals surface area contributed by atoms with E-state index in [1.807, 2.05) is 0 Å². The predicted octanol–water partition coefficient (Wildman–Crippen LogP) is 4.08. The van der Waals surface area contributed by atoms with Crippen LogP contribution in [0.1, 0.15) is 77.6 Å². The van der Waals surface area contributed by atoms with Crippen LogP contribution in [0.5, 0.6) is 0 Å². The highest BCUT2D eigenvalue weighted by Crippen LogP contribution is 2.17. The molecule has 0 spiro atoms. The van der Waals surface area contributed by atoms with Gasteiger partial charge >= 0.3 is 11.9 Å². The van der Waals surface area contributed by atoms with Crippen molar-refractivity contribution < 1.29 is 19.8 Å². The Hall–Kier alpha value is -1.06. The van der Waals surface area contributed by atoms with Gasteiger partial charge in [-0.2, -0.15) is 0 Å². The van der Waals surface area contributed by atoms with E-state index < -0.39 is 11.9 Å². The van der Waals surface area contributed by atoms with Gasteiger partial charge in [0.25, 0.3) is 0 Å². The summed E-state index contributed by atoms with van der Waals surface area (Å²) in [6.07, 6.45) is 10.1. The Bertz CT molecular complexity index is 251. The Morgan fingerprint density at radius 3 is 1.74 bits per heavy atom. The van der Waals surface area contributed by atoms with E-state index in [0.29, 0.717) is 12.3 Å². The predicted molar refractivity (Wildman–Crippen MR) is 75.2 cm³/mol. The fourth-order valence-corrected chi connectivity index (χ4v) is 2.22. The number of hydrogen-bond acceptors (Lipinski definition) is 2. The Labute approximate surface area is 116 Å². The van der Waals surface area contributed by atoms with Gasteiger partial charge in [-0.1, -0.05) is 51.9 Å². The lowest BCUT2D eigenvalue weighted by atomic mass is 9.97. The summed E-state index contributed by atoms with van der Waals surface area (Å²) in [5, 5.41) is 17.0. The molecule has 0 heterocycles. The minimum atomic E-state index is -0.700. The van der Waals surface area contributed by atoms with E-state index in [2.05, 4.69) is 6.92 Å². The van der Waals surface area contributed by atoms with E-state index in [1.165, 1.54) is 25.7 Å². The van der Waals surface area contributed by atoms with E-state index in [0.717, 1.165) is 32.1 Å². The number of carbonyl (C=O) groups is 2. The number of aliphatic carboxylic acids is 2. The number of hydrogen-bond donors (Lipinski definition) is 2. The lowest BCUT2D eigenvalue weighted by Gasteiger charge is -2.10. The third-order valence-electron chi connectivity index (χ3n) is 3.43. The SMILES string of the molecule is CC(CCCCCCCCC(=O)O)CCCC(=O)O. The highest BCUT2D eigenvalue weighted by atomic mass is 16.4. The maximum atomic E-state index is 10.4. The van der Waals surface area contributed by atoms with Crippen LogP contribution < -0.4 is 0 Å². The molecule has 0 rings (SSSR count). The second kappa shape index (κ2) is 12.0. The van der Waals surface area contributed by atoms with Crippen LogP contribution in [0.25, 0.3) is 0 Å². The van der Waals surface area contributed by atoms with Crippen LogP contribution in [0.2, 0.25) is 0 Å². The average Bonchev–Trinajstić information content (AvgIpc) is 2.31. The minimum Gasteiger partial charge on any atom is -0.481 e. The number of carboxylic acids is 2. The van der Waals surface area contributed by atoms with Gasteiger partial charge in [-0.15, -0.1) is 0 Å². The summed E-state index contributed by atoms with van der Waals surface area (Å²) in [7, 11) is 0. The van der Waals surface area contributed by atoms with Gasteiger partial charge in [0.15, 0.2) is 0 Å². The second-order valence-corrected chi connectivity index (χ2v) is 5.44. The second-order valence-electron chi connectivity index (χ2n) is 5.44. The monoisotopic (exact) mass is 272 g/mol. The standard InChI is InChI=1S/C15H28O4/c1-13(10-8-12-15(18)19)9-6-4-2-3-5-7-11-14(16)17/h13H,2-12H2,1H3,(H,16,17)(H,18,19). The van der Waals surface area contributed by atoms with Crippen LogP contribution in [0.4, 0.5) is 0 Å². The lowest BCUT2D eigenvalue weighted by molar-refractivity contribution is -0.138. The Morgan fingerprint density at radius 2 is 1.16 bits per heavy atom. The van der Waals surface area contributed by atoms with Crippen molar-refractivity contribution in [1.82, 2.24) is 0 Å². The lowest BCUT2D eigenvalue weighted by Crippen LogP contribution is -1.99. The normalized spacial score (nSPS) is 12.3. The summed E-state index contributed by atoms with van der Waals surface area (Å²) >= 11 is 0. The van der Waals surface area contributed by atoms with Crippen molar-refractivity contribution in [2.24, 2.45) is 5.92 Å². The molecule has 0 aromatic heterocycles. The molecule has 2 N–H and O–H groups in total. The molecular formula is C15H28O4. The number of unbranched alkanes of at least 4 members (excludes halogenated alkanes) is 5. The van der Waals surface area contributed by atoms with Crippen LogP contribution >= 0.6 is 0 Å². The zero-order chi connectivity index (χ0) is 14.5. The van der Waals surface area contributed by atoms with Gasteiger partial charge in [0, 0.05) is 12.8 Å². The molecular weight excluding hydrogens is 244 g/mol. The summed E-state index contributed by atoms with van der Waals surface area (Å²) in [6.45, 7) is 2.19. The molecule has 1 atom stereocenters. The number of carboxylic acid groups (broad SMARTS) is 2. The van der Waals surface area contributed by atoms with Crippen LogP contribution in [-0.2, 0) is 9.59 Å². The van der Waals surface area contributed by atoms with Crippen LogP contribution in [0.3, 0.4) is 0 Å². The Kier molecular flexibility index (Phi) is 11.3. The van der Waals surface area contributed by atoms with Gasteiger partial charge < -0.3 is 10.2 Å².